The van der Waals surface area contributed by atoms with Crippen LogP contribution in [0.2, 0.25) is 0 Å². The van der Waals surface area contributed by atoms with Crippen LogP contribution in [0, 0.1) is 6.92 Å². The van der Waals surface area contributed by atoms with E-state index in [0.717, 1.165) is 37.4 Å². The van der Waals surface area contributed by atoms with Crippen LogP contribution in [-0.4, -0.2) is 21.4 Å². The lowest BCUT2D eigenvalue weighted by Gasteiger charge is -2.30. The zero-order chi connectivity index (χ0) is 18.6. The maximum atomic E-state index is 6.12. The monoisotopic (exact) mass is 360 g/mol. The van der Waals surface area contributed by atoms with Gasteiger partial charge >= 0.3 is 0 Å². The first-order valence-electron chi connectivity index (χ1n) is 9.27. The third kappa shape index (κ3) is 4.09. The molecular formula is C22H24N4O. The highest BCUT2D eigenvalue weighted by atomic mass is 16.5. The van der Waals surface area contributed by atoms with Crippen molar-refractivity contribution in [3.8, 4) is 5.75 Å². The van der Waals surface area contributed by atoms with Crippen LogP contribution in [0.25, 0.3) is 0 Å². The number of anilines is 1. The van der Waals surface area contributed by atoms with E-state index in [4.69, 9.17) is 10.5 Å². The van der Waals surface area contributed by atoms with Crippen LogP contribution in [0.4, 0.5) is 5.82 Å². The summed E-state index contributed by atoms with van der Waals surface area (Å²) in [5, 5.41) is 0. The molecule has 1 aromatic heterocycles. The average Bonchev–Trinajstić information content (AvgIpc) is 2.69. The van der Waals surface area contributed by atoms with E-state index in [-0.39, 0.29) is 0 Å². The quantitative estimate of drug-likeness (QED) is 0.754. The molecule has 2 aromatic carbocycles. The Bertz CT molecular complexity index is 927. The Morgan fingerprint density at radius 1 is 1.11 bits per heavy atom. The van der Waals surface area contributed by atoms with Crippen molar-refractivity contribution in [2.45, 2.75) is 33.0 Å². The van der Waals surface area contributed by atoms with E-state index in [0.29, 0.717) is 18.2 Å². The molecule has 0 bridgehead atoms. The number of hydrogen-bond acceptors (Lipinski definition) is 5. The molecule has 4 rings (SSSR count). The van der Waals surface area contributed by atoms with Crippen LogP contribution >= 0.6 is 0 Å². The summed E-state index contributed by atoms with van der Waals surface area (Å²) in [6.45, 7) is 5.06. The summed E-state index contributed by atoms with van der Waals surface area (Å²) in [5.74, 6) is 2.28. The van der Waals surface area contributed by atoms with Crippen molar-refractivity contribution in [2.75, 3.05) is 12.3 Å². The summed E-state index contributed by atoms with van der Waals surface area (Å²) in [5.41, 5.74) is 10.9. The van der Waals surface area contributed by atoms with Crippen LogP contribution < -0.4 is 10.5 Å². The zero-order valence-corrected chi connectivity index (χ0v) is 15.6. The van der Waals surface area contributed by atoms with Crippen molar-refractivity contribution in [3.63, 3.8) is 0 Å². The van der Waals surface area contributed by atoms with Crippen molar-refractivity contribution < 1.29 is 4.74 Å². The summed E-state index contributed by atoms with van der Waals surface area (Å²) < 4.78 is 6.12. The van der Waals surface area contributed by atoms with Gasteiger partial charge in [-0.3, -0.25) is 4.90 Å². The molecule has 5 heteroatoms. The van der Waals surface area contributed by atoms with Gasteiger partial charge in [0.25, 0.3) is 0 Å². The lowest BCUT2D eigenvalue weighted by atomic mass is 9.98. The van der Waals surface area contributed by atoms with Gasteiger partial charge in [-0.2, -0.15) is 0 Å². The minimum Gasteiger partial charge on any atom is -0.489 e. The number of aromatic nitrogens is 2. The Morgan fingerprint density at radius 2 is 1.96 bits per heavy atom. The van der Waals surface area contributed by atoms with Crippen molar-refractivity contribution in [2.24, 2.45) is 0 Å². The van der Waals surface area contributed by atoms with Gasteiger partial charge in [0.2, 0.25) is 0 Å². The minimum atomic E-state index is 0.577. The van der Waals surface area contributed by atoms with Gasteiger partial charge < -0.3 is 10.5 Å². The van der Waals surface area contributed by atoms with E-state index in [1.807, 2.05) is 31.3 Å². The topological polar surface area (TPSA) is 64.3 Å². The molecule has 1 aliphatic heterocycles. The maximum absolute atomic E-state index is 6.12. The first kappa shape index (κ1) is 17.5. The minimum absolute atomic E-state index is 0.577. The van der Waals surface area contributed by atoms with E-state index in [9.17, 15) is 0 Å². The Labute approximate surface area is 159 Å². The fourth-order valence-corrected chi connectivity index (χ4v) is 3.51. The largest absolute Gasteiger partial charge is 0.489 e. The van der Waals surface area contributed by atoms with Gasteiger partial charge in [-0.1, -0.05) is 42.5 Å². The van der Waals surface area contributed by atoms with Crippen LogP contribution in [0.3, 0.4) is 0 Å². The Hall–Kier alpha value is -2.92. The van der Waals surface area contributed by atoms with E-state index in [2.05, 4.69) is 45.2 Å². The van der Waals surface area contributed by atoms with Crippen molar-refractivity contribution in [1.29, 1.82) is 0 Å². The van der Waals surface area contributed by atoms with Gasteiger partial charge in [-0.05, 0) is 36.1 Å². The van der Waals surface area contributed by atoms with E-state index < -0.39 is 0 Å². The molecule has 5 nitrogen and oxygen atoms in total. The maximum Gasteiger partial charge on any atom is 0.131 e. The summed E-state index contributed by atoms with van der Waals surface area (Å²) in [6.07, 6.45) is 2.81. The molecule has 3 aromatic rings. The van der Waals surface area contributed by atoms with Gasteiger partial charge in [0.15, 0.2) is 0 Å². The van der Waals surface area contributed by atoms with Gasteiger partial charge in [0.05, 0.1) is 0 Å². The molecule has 0 amide bonds. The molecule has 0 fully saturated rings. The Kier molecular flexibility index (Phi) is 5.03. The third-order valence-electron chi connectivity index (χ3n) is 4.95. The summed E-state index contributed by atoms with van der Waals surface area (Å²) >= 11 is 0. The van der Waals surface area contributed by atoms with Gasteiger partial charge in [-0.15, -0.1) is 0 Å². The fraction of sp³-hybridized carbons (Fsp3) is 0.273. The number of nitrogen functional groups attached to an aromatic ring is 1. The predicted molar refractivity (Wildman–Crippen MR) is 106 cm³/mol. The van der Waals surface area contributed by atoms with Gasteiger partial charge in [0, 0.05) is 31.4 Å². The Balaban J connectivity index is 1.45. The number of aryl methyl sites for hydroxylation is 1. The third-order valence-corrected chi connectivity index (χ3v) is 4.95. The SMILES string of the molecule is Cc1ncc(CN2CCc3c(cccc3OCc3ccccc3)C2)c(N)n1. The Morgan fingerprint density at radius 3 is 2.78 bits per heavy atom. The second-order valence-corrected chi connectivity index (χ2v) is 6.96. The smallest absolute Gasteiger partial charge is 0.131 e. The zero-order valence-electron chi connectivity index (χ0n) is 15.6. The lowest BCUT2D eigenvalue weighted by Crippen LogP contribution is -2.30. The normalized spacial score (nSPS) is 14.0. The summed E-state index contributed by atoms with van der Waals surface area (Å²) in [4.78, 5) is 10.9. The number of hydrogen-bond donors (Lipinski definition) is 1. The predicted octanol–water partition coefficient (Wildman–Crippen LogP) is 3.50. The molecular weight excluding hydrogens is 336 g/mol. The molecule has 0 radical (unpaired) electrons. The molecule has 1 aliphatic rings. The van der Waals surface area contributed by atoms with Crippen molar-refractivity contribution in [1.82, 2.24) is 14.9 Å². The molecule has 0 saturated heterocycles. The molecule has 0 aliphatic carbocycles. The number of fused-ring (bicyclic) bond motifs is 1. The van der Waals surface area contributed by atoms with Crippen LogP contribution in [0.5, 0.6) is 5.75 Å². The molecule has 2 N–H and O–H groups in total. The van der Waals surface area contributed by atoms with E-state index >= 15 is 0 Å². The first-order chi connectivity index (χ1) is 13.2. The summed E-state index contributed by atoms with van der Waals surface area (Å²) in [7, 11) is 0. The average molecular weight is 360 g/mol. The van der Waals surface area contributed by atoms with Crippen molar-refractivity contribution in [3.05, 3.63) is 82.8 Å². The first-order valence-corrected chi connectivity index (χ1v) is 9.27. The van der Waals surface area contributed by atoms with Crippen molar-refractivity contribution >= 4 is 5.82 Å². The fourth-order valence-electron chi connectivity index (χ4n) is 3.51. The van der Waals surface area contributed by atoms with Gasteiger partial charge in [0.1, 0.15) is 24.0 Å². The molecule has 0 atom stereocenters. The molecule has 138 valence electrons. The second-order valence-electron chi connectivity index (χ2n) is 6.96. The highest BCUT2D eigenvalue weighted by Gasteiger charge is 2.20. The standard InChI is InChI=1S/C22H24N4O/c1-16-24-12-19(22(23)25-16)14-26-11-10-20-18(13-26)8-5-9-21(20)27-15-17-6-3-2-4-7-17/h2-9,12H,10-11,13-15H2,1H3,(H2,23,24,25). The number of benzene rings is 2. The molecule has 27 heavy (non-hydrogen) atoms. The van der Waals surface area contributed by atoms with Crippen LogP contribution in [0.1, 0.15) is 28.1 Å². The van der Waals surface area contributed by atoms with E-state index in [1.165, 1.54) is 16.7 Å². The summed E-state index contributed by atoms with van der Waals surface area (Å²) in [6, 6.07) is 16.6. The second kappa shape index (κ2) is 7.76. The molecule has 2 heterocycles. The molecule has 0 spiro atoms. The number of nitrogens with two attached hydrogens (primary N) is 1. The van der Waals surface area contributed by atoms with Gasteiger partial charge in [-0.25, -0.2) is 9.97 Å². The van der Waals surface area contributed by atoms with E-state index in [1.54, 1.807) is 0 Å². The van der Waals surface area contributed by atoms with Crippen LogP contribution in [-0.2, 0) is 26.1 Å². The molecule has 0 saturated carbocycles. The number of ether oxygens (including phenoxy) is 1. The highest BCUT2D eigenvalue weighted by molar-refractivity contribution is 5.42. The highest BCUT2D eigenvalue weighted by Crippen LogP contribution is 2.29. The number of rotatable bonds is 5. The van der Waals surface area contributed by atoms with Crippen LogP contribution in [0.15, 0.2) is 54.7 Å². The number of nitrogens with zero attached hydrogens (tertiary/aromatic N) is 3. The lowest BCUT2D eigenvalue weighted by molar-refractivity contribution is 0.238. The molecule has 0 unspecified atom stereocenters.